The Balaban J connectivity index is 2.33. The Morgan fingerprint density at radius 2 is 1.88 bits per heavy atom. The second kappa shape index (κ2) is 3.34. The van der Waals surface area contributed by atoms with E-state index in [1.165, 1.54) is 6.07 Å². The van der Waals surface area contributed by atoms with Gasteiger partial charge in [-0.3, -0.25) is 4.79 Å². The third kappa shape index (κ3) is 1.32. The predicted molar refractivity (Wildman–Crippen MR) is 61.7 cm³/mol. The summed E-state index contributed by atoms with van der Waals surface area (Å²) in [6.45, 7) is 0. The number of pyridine rings is 1. The second-order valence-corrected chi connectivity index (χ2v) is 3.52. The van der Waals surface area contributed by atoms with Gasteiger partial charge in [-0.15, -0.1) is 0 Å². The molecule has 0 unspecified atom stereocenters. The van der Waals surface area contributed by atoms with Gasteiger partial charge in [0.05, 0.1) is 11.9 Å². The summed E-state index contributed by atoms with van der Waals surface area (Å²) in [5.41, 5.74) is 1.53. The van der Waals surface area contributed by atoms with Gasteiger partial charge in [0, 0.05) is 11.5 Å². The lowest BCUT2D eigenvalue weighted by molar-refractivity contribution is 0.894. The quantitative estimate of drug-likeness (QED) is 0.666. The van der Waals surface area contributed by atoms with Gasteiger partial charge in [0.1, 0.15) is 5.65 Å². The molecule has 0 aliphatic rings. The molecule has 0 spiro atoms. The highest BCUT2D eigenvalue weighted by molar-refractivity contribution is 5.75. The van der Waals surface area contributed by atoms with Crippen molar-refractivity contribution in [2.24, 2.45) is 0 Å². The monoisotopic (exact) mass is 211 g/mol. The lowest BCUT2D eigenvalue weighted by Gasteiger charge is -2.01. The number of hydrogen-bond donors (Lipinski definition) is 1. The van der Waals surface area contributed by atoms with Gasteiger partial charge in [-0.05, 0) is 18.2 Å². The average molecular weight is 211 g/mol. The summed E-state index contributed by atoms with van der Waals surface area (Å²) < 4.78 is 1.72. The zero-order valence-electron chi connectivity index (χ0n) is 8.42. The van der Waals surface area contributed by atoms with E-state index in [1.807, 2.05) is 30.3 Å². The Morgan fingerprint density at radius 1 is 1.06 bits per heavy atom. The van der Waals surface area contributed by atoms with Crippen molar-refractivity contribution in [3.8, 4) is 5.69 Å². The molecule has 4 heteroatoms. The first-order valence-corrected chi connectivity index (χ1v) is 4.97. The van der Waals surface area contributed by atoms with Crippen molar-refractivity contribution in [1.82, 2.24) is 14.8 Å². The average Bonchev–Trinajstić information content (AvgIpc) is 2.73. The van der Waals surface area contributed by atoms with Crippen molar-refractivity contribution < 1.29 is 0 Å². The van der Waals surface area contributed by atoms with Crippen molar-refractivity contribution in [3.63, 3.8) is 0 Å². The molecule has 4 nitrogen and oxygen atoms in total. The van der Waals surface area contributed by atoms with Crippen LogP contribution >= 0.6 is 0 Å². The Bertz CT molecular complexity index is 682. The maximum atomic E-state index is 11.3. The molecule has 0 aliphatic carbocycles. The molecule has 2 heterocycles. The minimum absolute atomic E-state index is 0.120. The zero-order chi connectivity index (χ0) is 11.0. The van der Waals surface area contributed by atoms with E-state index in [0.717, 1.165) is 16.7 Å². The van der Waals surface area contributed by atoms with Crippen LogP contribution in [0.25, 0.3) is 16.7 Å². The topological polar surface area (TPSA) is 50.7 Å². The molecule has 78 valence electrons. The summed E-state index contributed by atoms with van der Waals surface area (Å²) >= 11 is 0. The minimum atomic E-state index is -0.120. The Kier molecular flexibility index (Phi) is 1.86. The number of nitrogens with one attached hydrogen (secondary N) is 1. The lowest BCUT2D eigenvalue weighted by Crippen LogP contribution is -2.05. The smallest absolute Gasteiger partial charge is 0.249 e. The molecule has 0 saturated carbocycles. The van der Waals surface area contributed by atoms with E-state index >= 15 is 0 Å². The standard InChI is InChI=1S/C12H9N3O/c16-11-7-6-9-8-13-15(12(9)14-11)10-4-2-1-3-5-10/h1-8H,(H,14,16). The van der Waals surface area contributed by atoms with Crippen LogP contribution in [0.4, 0.5) is 0 Å². The van der Waals surface area contributed by atoms with Crippen molar-refractivity contribution in [2.75, 3.05) is 0 Å². The van der Waals surface area contributed by atoms with Gasteiger partial charge in [0.25, 0.3) is 0 Å². The van der Waals surface area contributed by atoms with Crippen LogP contribution in [-0.4, -0.2) is 14.8 Å². The third-order valence-electron chi connectivity index (χ3n) is 2.45. The molecule has 0 radical (unpaired) electrons. The number of fused-ring (bicyclic) bond motifs is 1. The van der Waals surface area contributed by atoms with Gasteiger partial charge in [0.2, 0.25) is 5.56 Å². The van der Waals surface area contributed by atoms with Gasteiger partial charge in [-0.1, -0.05) is 18.2 Å². The van der Waals surface area contributed by atoms with Gasteiger partial charge >= 0.3 is 0 Å². The van der Waals surface area contributed by atoms with Crippen molar-refractivity contribution in [1.29, 1.82) is 0 Å². The molecule has 3 aromatic rings. The predicted octanol–water partition coefficient (Wildman–Crippen LogP) is 1.71. The fraction of sp³-hybridized carbons (Fsp3) is 0. The number of H-pyrrole nitrogens is 1. The summed E-state index contributed by atoms with van der Waals surface area (Å²) in [6, 6.07) is 13.0. The van der Waals surface area contributed by atoms with Crippen molar-refractivity contribution >= 4 is 11.0 Å². The van der Waals surface area contributed by atoms with E-state index in [-0.39, 0.29) is 5.56 Å². The van der Waals surface area contributed by atoms with Crippen LogP contribution in [-0.2, 0) is 0 Å². The molecule has 0 aliphatic heterocycles. The number of nitrogens with zero attached hydrogens (tertiary/aromatic N) is 2. The summed E-state index contributed by atoms with van der Waals surface area (Å²) in [5, 5.41) is 5.17. The highest BCUT2D eigenvalue weighted by Gasteiger charge is 2.04. The normalized spacial score (nSPS) is 10.8. The van der Waals surface area contributed by atoms with Crippen LogP contribution in [0.3, 0.4) is 0 Å². The van der Waals surface area contributed by atoms with Gasteiger partial charge in [0.15, 0.2) is 0 Å². The molecule has 0 atom stereocenters. The van der Waals surface area contributed by atoms with Crippen LogP contribution in [0.2, 0.25) is 0 Å². The molecule has 16 heavy (non-hydrogen) atoms. The van der Waals surface area contributed by atoms with Crippen molar-refractivity contribution in [2.45, 2.75) is 0 Å². The molecule has 3 rings (SSSR count). The van der Waals surface area contributed by atoms with Crippen LogP contribution in [0.1, 0.15) is 0 Å². The summed E-state index contributed by atoms with van der Waals surface area (Å²) in [6.07, 6.45) is 1.73. The fourth-order valence-corrected chi connectivity index (χ4v) is 1.70. The van der Waals surface area contributed by atoms with Crippen LogP contribution in [0.15, 0.2) is 53.5 Å². The molecular formula is C12H9N3O. The number of para-hydroxylation sites is 1. The molecule has 1 aromatic carbocycles. The maximum absolute atomic E-state index is 11.3. The van der Waals surface area contributed by atoms with E-state index in [0.29, 0.717) is 0 Å². The second-order valence-electron chi connectivity index (χ2n) is 3.52. The number of aromatic amines is 1. The molecule has 2 aromatic heterocycles. The van der Waals surface area contributed by atoms with Gasteiger partial charge < -0.3 is 4.98 Å². The molecule has 0 saturated heterocycles. The SMILES string of the molecule is O=c1ccc2cnn(-c3ccccc3)c2[nH]1. The van der Waals surface area contributed by atoms with Crippen LogP contribution < -0.4 is 5.56 Å². The van der Waals surface area contributed by atoms with E-state index in [9.17, 15) is 4.79 Å². The highest BCUT2D eigenvalue weighted by Crippen LogP contribution is 2.13. The van der Waals surface area contributed by atoms with E-state index < -0.39 is 0 Å². The molecular weight excluding hydrogens is 202 g/mol. The lowest BCUT2D eigenvalue weighted by atomic mass is 10.3. The maximum Gasteiger partial charge on any atom is 0.249 e. The molecule has 1 N–H and O–H groups in total. The summed E-state index contributed by atoms with van der Waals surface area (Å²) in [4.78, 5) is 14.0. The van der Waals surface area contributed by atoms with Crippen molar-refractivity contribution in [3.05, 3.63) is 59.0 Å². The van der Waals surface area contributed by atoms with E-state index in [1.54, 1.807) is 16.9 Å². The number of aromatic nitrogens is 3. The zero-order valence-corrected chi connectivity index (χ0v) is 8.42. The number of hydrogen-bond acceptors (Lipinski definition) is 2. The Morgan fingerprint density at radius 3 is 2.69 bits per heavy atom. The number of benzene rings is 1. The Hall–Kier alpha value is -2.36. The van der Waals surface area contributed by atoms with E-state index in [4.69, 9.17) is 0 Å². The first-order chi connectivity index (χ1) is 7.84. The third-order valence-corrected chi connectivity index (χ3v) is 2.45. The van der Waals surface area contributed by atoms with E-state index in [2.05, 4.69) is 10.1 Å². The summed E-state index contributed by atoms with van der Waals surface area (Å²) in [5.74, 6) is 0. The molecule has 0 bridgehead atoms. The molecule has 0 fully saturated rings. The first-order valence-electron chi connectivity index (χ1n) is 4.97. The Labute approximate surface area is 91.2 Å². The highest BCUT2D eigenvalue weighted by atomic mass is 16.1. The molecule has 0 amide bonds. The van der Waals surface area contributed by atoms with Crippen LogP contribution in [0, 0.1) is 0 Å². The van der Waals surface area contributed by atoms with Gasteiger partial charge in [-0.25, -0.2) is 4.68 Å². The van der Waals surface area contributed by atoms with Crippen LogP contribution in [0.5, 0.6) is 0 Å². The van der Waals surface area contributed by atoms with Gasteiger partial charge in [-0.2, -0.15) is 5.10 Å². The summed E-state index contributed by atoms with van der Waals surface area (Å²) in [7, 11) is 0. The fourth-order valence-electron chi connectivity index (χ4n) is 1.70. The minimum Gasteiger partial charge on any atom is -0.306 e. The first kappa shape index (κ1) is 8.91. The largest absolute Gasteiger partial charge is 0.306 e. The number of rotatable bonds is 1.